The number of benzene rings is 3. The van der Waals surface area contributed by atoms with E-state index in [4.69, 9.17) is 4.74 Å². The number of sulfonamides is 1. The number of rotatable bonds is 9. The number of anilines is 1. The summed E-state index contributed by atoms with van der Waals surface area (Å²) in [5, 5.41) is 2.84. The summed E-state index contributed by atoms with van der Waals surface area (Å²) < 4.78 is 32.1. The zero-order valence-corrected chi connectivity index (χ0v) is 20.3. The number of para-hydroxylation sites is 1. The van der Waals surface area contributed by atoms with Crippen LogP contribution in [0.4, 0.5) is 5.69 Å². The SMILES string of the molecule is Cc1ccccc1OCCNC(=O)c1ccc(CN(c2cccc(C)c2C)S(C)(=O)=O)cc1. The Labute approximate surface area is 196 Å². The van der Waals surface area contributed by atoms with Gasteiger partial charge in [-0.2, -0.15) is 0 Å². The van der Waals surface area contributed by atoms with Gasteiger partial charge in [-0.3, -0.25) is 9.10 Å². The highest BCUT2D eigenvalue weighted by atomic mass is 32.2. The van der Waals surface area contributed by atoms with Crippen molar-refractivity contribution >= 4 is 21.6 Å². The fraction of sp³-hybridized carbons (Fsp3) is 0.269. The molecule has 0 saturated carbocycles. The predicted octanol–water partition coefficient (Wildman–Crippen LogP) is 4.39. The zero-order valence-electron chi connectivity index (χ0n) is 19.5. The van der Waals surface area contributed by atoms with Crippen molar-refractivity contribution in [2.24, 2.45) is 0 Å². The number of nitrogens with one attached hydrogen (secondary N) is 1. The summed E-state index contributed by atoms with van der Waals surface area (Å²) in [6, 6.07) is 20.3. The van der Waals surface area contributed by atoms with Crippen LogP contribution in [0.1, 0.15) is 32.6 Å². The van der Waals surface area contributed by atoms with E-state index in [1.807, 2.05) is 63.2 Å². The van der Waals surface area contributed by atoms with Crippen LogP contribution in [0.2, 0.25) is 0 Å². The van der Waals surface area contributed by atoms with E-state index in [-0.39, 0.29) is 12.5 Å². The first-order chi connectivity index (χ1) is 15.7. The van der Waals surface area contributed by atoms with Crippen molar-refractivity contribution in [3.63, 3.8) is 0 Å². The average Bonchev–Trinajstić information content (AvgIpc) is 2.78. The largest absolute Gasteiger partial charge is 0.491 e. The van der Waals surface area contributed by atoms with E-state index in [0.717, 1.165) is 28.0 Å². The number of carbonyl (C=O) groups excluding carboxylic acids is 1. The Kier molecular flexibility index (Phi) is 7.76. The highest BCUT2D eigenvalue weighted by Crippen LogP contribution is 2.26. The molecule has 3 aromatic rings. The minimum Gasteiger partial charge on any atom is -0.491 e. The van der Waals surface area contributed by atoms with Crippen molar-refractivity contribution in [2.45, 2.75) is 27.3 Å². The van der Waals surface area contributed by atoms with E-state index in [0.29, 0.717) is 24.4 Å². The molecule has 0 fully saturated rings. The molecule has 3 rings (SSSR count). The van der Waals surface area contributed by atoms with Crippen molar-refractivity contribution in [2.75, 3.05) is 23.7 Å². The predicted molar refractivity (Wildman–Crippen MR) is 132 cm³/mol. The standard InChI is InChI=1S/C26H30N2O4S/c1-19-9-7-10-24(21(19)3)28(33(4,30)31)18-22-12-14-23(15-13-22)26(29)27-16-17-32-25-11-6-5-8-20(25)2/h5-15H,16-18H2,1-4H3,(H,27,29). The van der Waals surface area contributed by atoms with Gasteiger partial charge in [0.25, 0.3) is 5.91 Å². The molecule has 0 aliphatic carbocycles. The minimum absolute atomic E-state index is 0.190. The first kappa shape index (κ1) is 24.3. The first-order valence-electron chi connectivity index (χ1n) is 10.8. The third-order valence-electron chi connectivity index (χ3n) is 5.53. The van der Waals surface area contributed by atoms with E-state index < -0.39 is 10.0 Å². The van der Waals surface area contributed by atoms with E-state index in [9.17, 15) is 13.2 Å². The third kappa shape index (κ3) is 6.35. The lowest BCUT2D eigenvalue weighted by Crippen LogP contribution is -2.30. The summed E-state index contributed by atoms with van der Waals surface area (Å²) >= 11 is 0. The molecule has 0 bridgehead atoms. The van der Waals surface area contributed by atoms with Crippen molar-refractivity contribution < 1.29 is 17.9 Å². The number of aryl methyl sites for hydroxylation is 2. The number of nitrogens with zero attached hydrogens (tertiary/aromatic N) is 1. The molecule has 0 radical (unpaired) electrons. The van der Waals surface area contributed by atoms with E-state index in [1.165, 1.54) is 10.6 Å². The monoisotopic (exact) mass is 466 g/mol. The summed E-state index contributed by atoms with van der Waals surface area (Å²) in [5.74, 6) is 0.597. The van der Waals surface area contributed by atoms with Crippen LogP contribution in [0, 0.1) is 20.8 Å². The Morgan fingerprint density at radius 2 is 1.58 bits per heavy atom. The fourth-order valence-corrected chi connectivity index (χ4v) is 4.40. The maximum absolute atomic E-state index is 12.5. The van der Waals surface area contributed by atoms with Gasteiger partial charge in [0, 0.05) is 5.56 Å². The first-order valence-corrected chi connectivity index (χ1v) is 12.6. The maximum Gasteiger partial charge on any atom is 0.251 e. The molecule has 33 heavy (non-hydrogen) atoms. The number of amides is 1. The number of ether oxygens (including phenoxy) is 1. The van der Waals surface area contributed by atoms with Gasteiger partial charge in [-0.25, -0.2) is 8.42 Å². The molecule has 6 nitrogen and oxygen atoms in total. The second-order valence-corrected chi connectivity index (χ2v) is 9.96. The average molecular weight is 467 g/mol. The molecule has 0 aliphatic rings. The molecular weight excluding hydrogens is 436 g/mol. The Hall–Kier alpha value is -3.32. The summed E-state index contributed by atoms with van der Waals surface area (Å²) in [4.78, 5) is 12.4. The topological polar surface area (TPSA) is 75.7 Å². The molecule has 0 aromatic heterocycles. The molecule has 3 aromatic carbocycles. The van der Waals surface area contributed by atoms with Crippen molar-refractivity contribution in [3.8, 4) is 5.75 Å². The zero-order chi connectivity index (χ0) is 24.0. The lowest BCUT2D eigenvalue weighted by molar-refractivity contribution is 0.0947. The minimum atomic E-state index is -3.48. The number of hydrogen-bond acceptors (Lipinski definition) is 4. The fourth-order valence-electron chi connectivity index (χ4n) is 3.46. The molecular formula is C26H30N2O4S. The normalized spacial score (nSPS) is 11.2. The molecule has 0 unspecified atom stereocenters. The van der Waals surface area contributed by atoms with E-state index in [2.05, 4.69) is 5.32 Å². The van der Waals surface area contributed by atoms with Crippen LogP contribution >= 0.6 is 0 Å². The van der Waals surface area contributed by atoms with Crippen LogP contribution in [0.25, 0.3) is 0 Å². The number of hydrogen-bond donors (Lipinski definition) is 1. The Morgan fingerprint density at radius 3 is 2.24 bits per heavy atom. The second kappa shape index (κ2) is 10.5. The van der Waals surface area contributed by atoms with Crippen LogP contribution < -0.4 is 14.4 Å². The van der Waals surface area contributed by atoms with Gasteiger partial charge in [-0.15, -0.1) is 0 Å². The lowest BCUT2D eigenvalue weighted by atomic mass is 10.1. The molecule has 0 saturated heterocycles. The Morgan fingerprint density at radius 1 is 0.909 bits per heavy atom. The Balaban J connectivity index is 1.62. The van der Waals surface area contributed by atoms with E-state index in [1.54, 1.807) is 24.3 Å². The quantitative estimate of drug-likeness (QED) is 0.475. The number of carbonyl (C=O) groups is 1. The van der Waals surface area contributed by atoms with Gasteiger partial charge in [0.2, 0.25) is 10.0 Å². The van der Waals surface area contributed by atoms with Gasteiger partial charge in [-0.05, 0) is 67.3 Å². The molecule has 0 spiro atoms. The highest BCUT2D eigenvalue weighted by Gasteiger charge is 2.20. The maximum atomic E-state index is 12.5. The van der Waals surface area contributed by atoms with E-state index >= 15 is 0 Å². The Bertz CT molecular complexity index is 1220. The summed E-state index contributed by atoms with van der Waals surface area (Å²) in [5.41, 5.74) is 4.95. The van der Waals surface area contributed by atoms with Gasteiger partial charge in [0.05, 0.1) is 25.0 Å². The molecule has 1 amide bonds. The second-order valence-electron chi connectivity index (χ2n) is 8.06. The van der Waals surface area contributed by atoms with Gasteiger partial charge < -0.3 is 10.1 Å². The highest BCUT2D eigenvalue weighted by molar-refractivity contribution is 7.92. The van der Waals surface area contributed by atoms with Crippen LogP contribution in [-0.4, -0.2) is 33.7 Å². The molecule has 1 N–H and O–H groups in total. The molecule has 0 heterocycles. The van der Waals surface area contributed by atoms with Gasteiger partial charge >= 0.3 is 0 Å². The van der Waals surface area contributed by atoms with Crippen molar-refractivity contribution in [1.29, 1.82) is 0 Å². The summed E-state index contributed by atoms with van der Waals surface area (Å²) in [6.45, 7) is 6.78. The van der Waals surface area contributed by atoms with Gasteiger partial charge in [0.1, 0.15) is 12.4 Å². The summed E-state index contributed by atoms with van der Waals surface area (Å²) in [7, 11) is -3.48. The molecule has 0 aliphatic heterocycles. The van der Waals surface area contributed by atoms with Crippen LogP contribution in [-0.2, 0) is 16.6 Å². The van der Waals surface area contributed by atoms with Crippen LogP contribution in [0.15, 0.2) is 66.7 Å². The van der Waals surface area contributed by atoms with Gasteiger partial charge in [-0.1, -0.05) is 42.5 Å². The van der Waals surface area contributed by atoms with Crippen LogP contribution in [0.3, 0.4) is 0 Å². The smallest absolute Gasteiger partial charge is 0.251 e. The summed E-state index contributed by atoms with van der Waals surface area (Å²) in [6.07, 6.45) is 1.20. The molecule has 7 heteroatoms. The molecule has 0 atom stereocenters. The lowest BCUT2D eigenvalue weighted by Gasteiger charge is -2.25. The van der Waals surface area contributed by atoms with Crippen LogP contribution in [0.5, 0.6) is 5.75 Å². The third-order valence-corrected chi connectivity index (χ3v) is 6.65. The van der Waals surface area contributed by atoms with Gasteiger partial charge in [0.15, 0.2) is 0 Å². The van der Waals surface area contributed by atoms with Crippen molar-refractivity contribution in [3.05, 3.63) is 94.5 Å². The molecule has 174 valence electrons. The van der Waals surface area contributed by atoms with Crippen molar-refractivity contribution in [1.82, 2.24) is 5.32 Å².